The minimum atomic E-state index is 0.442. The summed E-state index contributed by atoms with van der Waals surface area (Å²) >= 11 is 3.37. The van der Waals surface area contributed by atoms with Crippen molar-refractivity contribution in [3.8, 4) is 27.6 Å². The first kappa shape index (κ1) is 14.4. The molecule has 0 bridgehead atoms. The first-order valence-corrected chi connectivity index (χ1v) is 8.95. The van der Waals surface area contributed by atoms with Crippen LogP contribution in [-0.4, -0.2) is 16.5 Å². The van der Waals surface area contributed by atoms with Crippen LogP contribution in [0.2, 0.25) is 0 Å². The Balaban J connectivity index is 1.90. The van der Waals surface area contributed by atoms with E-state index in [1.807, 2.05) is 24.3 Å². The van der Waals surface area contributed by atoms with Crippen molar-refractivity contribution < 1.29 is 4.74 Å². The summed E-state index contributed by atoms with van der Waals surface area (Å²) in [5.41, 5.74) is 10.3. The Bertz CT molecular complexity index is 936. The summed E-state index contributed by atoms with van der Waals surface area (Å²) in [6.07, 6.45) is 0. The van der Waals surface area contributed by atoms with Crippen LogP contribution in [0.25, 0.3) is 26.8 Å². The van der Waals surface area contributed by atoms with Gasteiger partial charge in [0.25, 0.3) is 0 Å². The molecule has 0 aliphatic carbocycles. The normalized spacial score (nSPS) is 11.2. The number of nitrogens with two attached hydrogens (primary N) is 1. The van der Waals surface area contributed by atoms with E-state index in [2.05, 4.69) is 27.3 Å². The number of benzene rings is 1. The molecule has 0 unspecified atom stereocenters. The van der Waals surface area contributed by atoms with E-state index in [4.69, 9.17) is 15.5 Å². The molecule has 2 N–H and O–H groups in total. The van der Waals surface area contributed by atoms with Gasteiger partial charge in [0.2, 0.25) is 0 Å². The summed E-state index contributed by atoms with van der Waals surface area (Å²) in [4.78, 5) is 7.00. The number of hydrogen-bond donors (Lipinski definition) is 1. The smallest absolute Gasteiger partial charge is 0.195 e. The molecule has 3 heterocycles. The SMILES string of the molecule is COc1ccc(-c2nc3scc(-c4cccs4)n3c2CN)cc1. The zero-order chi connectivity index (χ0) is 15.8. The van der Waals surface area contributed by atoms with Crippen LogP contribution in [-0.2, 0) is 6.54 Å². The standard InChI is InChI=1S/C17H15N3OS2/c1-21-12-6-4-11(5-7-12)16-13(9-18)20-14(10-23-17(20)19-16)15-3-2-8-22-15/h2-8,10H,9,18H2,1H3. The average molecular weight is 341 g/mol. The van der Waals surface area contributed by atoms with Gasteiger partial charge in [-0.15, -0.1) is 22.7 Å². The predicted molar refractivity (Wildman–Crippen MR) is 96.3 cm³/mol. The van der Waals surface area contributed by atoms with Crippen molar-refractivity contribution in [2.24, 2.45) is 5.73 Å². The number of imidazole rings is 1. The summed E-state index contributed by atoms with van der Waals surface area (Å²) in [7, 11) is 1.67. The molecule has 0 saturated heterocycles. The third-order valence-electron chi connectivity index (χ3n) is 3.79. The highest BCUT2D eigenvalue weighted by Crippen LogP contribution is 2.34. The third kappa shape index (κ3) is 2.35. The number of hydrogen-bond acceptors (Lipinski definition) is 5. The molecule has 0 atom stereocenters. The molecule has 23 heavy (non-hydrogen) atoms. The maximum absolute atomic E-state index is 6.06. The van der Waals surface area contributed by atoms with Gasteiger partial charge in [-0.25, -0.2) is 4.98 Å². The zero-order valence-corrected chi connectivity index (χ0v) is 14.2. The van der Waals surface area contributed by atoms with Gasteiger partial charge < -0.3 is 10.5 Å². The molecule has 4 rings (SSSR count). The fraction of sp³-hybridized carbons (Fsp3) is 0.118. The lowest BCUT2D eigenvalue weighted by molar-refractivity contribution is 0.415. The first-order valence-electron chi connectivity index (χ1n) is 7.19. The second-order valence-electron chi connectivity index (χ2n) is 5.06. The predicted octanol–water partition coefficient (Wildman–Crippen LogP) is 4.26. The molecule has 6 heteroatoms. The topological polar surface area (TPSA) is 52.5 Å². The van der Waals surface area contributed by atoms with Gasteiger partial charge in [0.15, 0.2) is 4.96 Å². The number of thiazole rings is 1. The van der Waals surface area contributed by atoms with Crippen LogP contribution in [0.15, 0.2) is 47.2 Å². The Morgan fingerprint density at radius 3 is 2.65 bits per heavy atom. The molecule has 4 aromatic rings. The van der Waals surface area contributed by atoms with Gasteiger partial charge in [-0.1, -0.05) is 6.07 Å². The summed E-state index contributed by atoms with van der Waals surface area (Å²) in [5.74, 6) is 0.836. The molecule has 3 aromatic heterocycles. The van der Waals surface area contributed by atoms with Crippen molar-refractivity contribution in [1.82, 2.24) is 9.38 Å². The van der Waals surface area contributed by atoms with Crippen LogP contribution in [0.1, 0.15) is 5.69 Å². The highest BCUT2D eigenvalue weighted by Gasteiger charge is 2.18. The Morgan fingerprint density at radius 2 is 2.00 bits per heavy atom. The van der Waals surface area contributed by atoms with Gasteiger partial charge in [0.1, 0.15) is 5.75 Å². The molecule has 4 nitrogen and oxygen atoms in total. The number of aromatic nitrogens is 2. The maximum atomic E-state index is 6.06. The lowest BCUT2D eigenvalue weighted by atomic mass is 10.1. The van der Waals surface area contributed by atoms with Crippen LogP contribution < -0.4 is 10.5 Å². The van der Waals surface area contributed by atoms with Gasteiger partial charge >= 0.3 is 0 Å². The molecule has 1 aromatic carbocycles. The summed E-state index contributed by atoms with van der Waals surface area (Å²) in [6.45, 7) is 0.442. The molecule has 0 spiro atoms. The van der Waals surface area contributed by atoms with E-state index in [-0.39, 0.29) is 0 Å². The molecule has 0 aliphatic rings. The highest BCUT2D eigenvalue weighted by molar-refractivity contribution is 7.17. The summed E-state index contributed by atoms with van der Waals surface area (Å²) in [5, 5.41) is 4.23. The highest BCUT2D eigenvalue weighted by atomic mass is 32.1. The second kappa shape index (κ2) is 5.81. The van der Waals surface area contributed by atoms with E-state index >= 15 is 0 Å². The average Bonchev–Trinajstić information content (AvgIpc) is 3.30. The minimum absolute atomic E-state index is 0.442. The quantitative estimate of drug-likeness (QED) is 0.603. The van der Waals surface area contributed by atoms with Crippen molar-refractivity contribution >= 4 is 27.6 Å². The molecular formula is C17H15N3OS2. The summed E-state index contributed by atoms with van der Waals surface area (Å²) in [6, 6.07) is 12.1. The van der Waals surface area contributed by atoms with Gasteiger partial charge in [0.05, 0.1) is 29.1 Å². The van der Waals surface area contributed by atoms with Gasteiger partial charge in [0, 0.05) is 17.5 Å². The number of rotatable bonds is 4. The number of fused-ring (bicyclic) bond motifs is 1. The number of methoxy groups -OCH3 is 1. The molecule has 0 amide bonds. The van der Waals surface area contributed by atoms with E-state index in [9.17, 15) is 0 Å². The van der Waals surface area contributed by atoms with E-state index in [0.29, 0.717) is 6.54 Å². The van der Waals surface area contributed by atoms with Crippen LogP contribution in [0.3, 0.4) is 0 Å². The van der Waals surface area contributed by atoms with Crippen molar-refractivity contribution in [2.75, 3.05) is 7.11 Å². The zero-order valence-electron chi connectivity index (χ0n) is 12.5. The Morgan fingerprint density at radius 1 is 1.17 bits per heavy atom. The number of nitrogens with zero attached hydrogens (tertiary/aromatic N) is 2. The van der Waals surface area contributed by atoms with E-state index in [1.54, 1.807) is 29.8 Å². The minimum Gasteiger partial charge on any atom is -0.497 e. The van der Waals surface area contributed by atoms with Crippen LogP contribution in [0.5, 0.6) is 5.75 Å². The Kier molecular flexibility index (Phi) is 3.65. The third-order valence-corrected chi connectivity index (χ3v) is 5.51. The second-order valence-corrected chi connectivity index (χ2v) is 6.84. The van der Waals surface area contributed by atoms with Gasteiger partial charge in [-0.3, -0.25) is 4.40 Å². The maximum Gasteiger partial charge on any atom is 0.195 e. The van der Waals surface area contributed by atoms with E-state index in [0.717, 1.165) is 33.4 Å². The van der Waals surface area contributed by atoms with Gasteiger partial charge in [-0.2, -0.15) is 0 Å². The first-order chi connectivity index (χ1) is 11.3. The van der Waals surface area contributed by atoms with Crippen LogP contribution >= 0.6 is 22.7 Å². The molecule has 0 radical (unpaired) electrons. The molecular weight excluding hydrogens is 326 g/mol. The van der Waals surface area contributed by atoms with Crippen molar-refractivity contribution in [3.05, 3.63) is 52.9 Å². The summed E-state index contributed by atoms with van der Waals surface area (Å²) < 4.78 is 7.40. The van der Waals surface area contributed by atoms with E-state index < -0.39 is 0 Å². The molecule has 116 valence electrons. The van der Waals surface area contributed by atoms with Crippen LogP contribution in [0.4, 0.5) is 0 Å². The molecule has 0 saturated carbocycles. The lowest BCUT2D eigenvalue weighted by Crippen LogP contribution is -2.03. The molecule has 0 fully saturated rings. The molecule has 0 aliphatic heterocycles. The monoisotopic (exact) mass is 341 g/mol. The number of ether oxygens (including phenoxy) is 1. The fourth-order valence-electron chi connectivity index (χ4n) is 2.68. The lowest BCUT2D eigenvalue weighted by Gasteiger charge is -2.05. The van der Waals surface area contributed by atoms with Crippen molar-refractivity contribution in [1.29, 1.82) is 0 Å². The largest absolute Gasteiger partial charge is 0.497 e. The van der Waals surface area contributed by atoms with Crippen LogP contribution in [0, 0.1) is 0 Å². The number of thiophene rings is 1. The van der Waals surface area contributed by atoms with Gasteiger partial charge in [-0.05, 0) is 35.7 Å². The van der Waals surface area contributed by atoms with Crippen molar-refractivity contribution in [3.63, 3.8) is 0 Å². The van der Waals surface area contributed by atoms with Crippen molar-refractivity contribution in [2.45, 2.75) is 6.54 Å². The Labute approximate surface area is 141 Å². The Hall–Kier alpha value is -2.15. The van der Waals surface area contributed by atoms with E-state index in [1.165, 1.54) is 4.88 Å². The fourth-order valence-corrected chi connectivity index (χ4v) is 4.39.